The predicted molar refractivity (Wildman–Crippen MR) is 139 cm³/mol. The molecule has 0 radical (unpaired) electrons. The number of nitrogens with zero attached hydrogens (tertiary/aromatic N) is 1. The molecule has 4 nitrogen and oxygen atoms in total. The smallest absolute Gasteiger partial charge is 0.143 e. The Morgan fingerprint density at radius 3 is 1.79 bits per heavy atom. The molecule has 0 heterocycles. The maximum Gasteiger partial charge on any atom is 0.143 e. The van der Waals surface area contributed by atoms with Crippen LogP contribution in [0.3, 0.4) is 0 Å². The molecule has 0 N–H and O–H groups in total. The topological polar surface area (TPSA) is 30.9 Å². The summed E-state index contributed by atoms with van der Waals surface area (Å²) >= 11 is 0. The minimum absolute atomic E-state index is 0.416. The second-order valence-corrected chi connectivity index (χ2v) is 7.34. The molecule has 0 aliphatic heterocycles. The number of benzene rings is 3. The first-order valence-electron chi connectivity index (χ1n) is 12.1. The van der Waals surface area contributed by atoms with E-state index in [0.29, 0.717) is 26.6 Å². The van der Waals surface area contributed by atoms with E-state index in [2.05, 4.69) is 79.7 Å². The molecule has 0 aliphatic carbocycles. The number of aryl methyl sites for hydroxylation is 1. The molecule has 3 rings (SSSR count). The van der Waals surface area contributed by atoms with Gasteiger partial charge in [0.05, 0.1) is 12.3 Å². The van der Waals surface area contributed by atoms with Crippen LogP contribution in [-0.4, -0.2) is 19.9 Å². The molecule has 0 aromatic heterocycles. The van der Waals surface area contributed by atoms with Gasteiger partial charge in [-0.1, -0.05) is 75.7 Å². The third-order valence-electron chi connectivity index (χ3n) is 5.01. The fourth-order valence-corrected chi connectivity index (χ4v) is 3.34. The average Bonchev–Trinajstić information content (AvgIpc) is 2.88. The van der Waals surface area contributed by atoms with E-state index in [9.17, 15) is 0 Å². The van der Waals surface area contributed by atoms with Crippen molar-refractivity contribution in [3.8, 4) is 16.9 Å². The quantitative estimate of drug-likeness (QED) is 0.210. The highest BCUT2D eigenvalue weighted by Crippen LogP contribution is 2.24. The van der Waals surface area contributed by atoms with Crippen LogP contribution in [0.25, 0.3) is 11.1 Å². The standard InChI is InChI=1S/C27H33NO3.C2H6/c1-4-7-22-10-18-27(19-11-22)30-20-23-8-12-24(13-9-23)25-14-16-26(17-15-25)28(31-6-3)21-29-5-2;1-2/h8-19H,4-7,20-21H2,1-3H3;1-2H3. The van der Waals surface area contributed by atoms with Gasteiger partial charge < -0.3 is 9.47 Å². The lowest BCUT2D eigenvalue weighted by atomic mass is 10.0. The van der Waals surface area contributed by atoms with Crippen molar-refractivity contribution in [2.45, 2.75) is 54.1 Å². The third kappa shape index (κ3) is 8.56. The molecule has 0 saturated carbocycles. The Bertz CT molecular complexity index is 890. The van der Waals surface area contributed by atoms with Crippen LogP contribution >= 0.6 is 0 Å². The van der Waals surface area contributed by atoms with E-state index in [-0.39, 0.29) is 0 Å². The highest BCUT2D eigenvalue weighted by molar-refractivity contribution is 5.66. The van der Waals surface area contributed by atoms with Crippen LogP contribution in [0.1, 0.15) is 52.2 Å². The van der Waals surface area contributed by atoms with Gasteiger partial charge in [-0.25, -0.2) is 5.06 Å². The first kappa shape index (κ1) is 26.4. The Hall–Kier alpha value is -2.82. The van der Waals surface area contributed by atoms with Crippen LogP contribution in [0.15, 0.2) is 72.8 Å². The Labute approximate surface area is 200 Å². The van der Waals surface area contributed by atoms with Crippen molar-refractivity contribution in [2.75, 3.05) is 25.0 Å². The van der Waals surface area contributed by atoms with Gasteiger partial charge in [-0.05, 0) is 66.8 Å². The van der Waals surface area contributed by atoms with Gasteiger partial charge in [0.15, 0.2) is 0 Å². The molecule has 0 atom stereocenters. The fourth-order valence-electron chi connectivity index (χ4n) is 3.34. The molecule has 0 spiro atoms. The first-order valence-corrected chi connectivity index (χ1v) is 12.1. The largest absolute Gasteiger partial charge is 0.489 e. The second kappa shape index (κ2) is 15.1. The molecule has 4 heteroatoms. The van der Waals surface area contributed by atoms with Gasteiger partial charge in [-0.15, -0.1) is 0 Å². The van der Waals surface area contributed by atoms with Gasteiger partial charge >= 0.3 is 0 Å². The highest BCUT2D eigenvalue weighted by Gasteiger charge is 2.07. The highest BCUT2D eigenvalue weighted by atomic mass is 16.7. The van der Waals surface area contributed by atoms with Gasteiger partial charge in [0, 0.05) is 6.61 Å². The van der Waals surface area contributed by atoms with Crippen LogP contribution in [0, 0.1) is 0 Å². The van der Waals surface area contributed by atoms with Gasteiger partial charge in [-0.2, -0.15) is 0 Å². The summed E-state index contributed by atoms with van der Waals surface area (Å²) in [5.41, 5.74) is 5.82. The number of hydrogen-bond donors (Lipinski definition) is 0. The third-order valence-corrected chi connectivity index (χ3v) is 5.01. The summed E-state index contributed by atoms with van der Waals surface area (Å²) in [6.07, 6.45) is 2.27. The lowest BCUT2D eigenvalue weighted by Gasteiger charge is -2.23. The second-order valence-electron chi connectivity index (χ2n) is 7.34. The number of hydroxylamine groups is 1. The maximum atomic E-state index is 5.94. The van der Waals surface area contributed by atoms with Crippen molar-refractivity contribution in [2.24, 2.45) is 0 Å². The van der Waals surface area contributed by atoms with Crippen molar-refractivity contribution in [3.63, 3.8) is 0 Å². The van der Waals surface area contributed by atoms with Crippen LogP contribution in [0.4, 0.5) is 5.69 Å². The summed E-state index contributed by atoms with van der Waals surface area (Å²) in [6, 6.07) is 25.2. The van der Waals surface area contributed by atoms with Gasteiger partial charge in [0.2, 0.25) is 0 Å². The number of ether oxygens (including phenoxy) is 2. The molecule has 33 heavy (non-hydrogen) atoms. The minimum Gasteiger partial charge on any atom is -0.489 e. The number of rotatable bonds is 12. The zero-order valence-electron chi connectivity index (χ0n) is 20.8. The normalized spacial score (nSPS) is 10.3. The van der Waals surface area contributed by atoms with Crippen LogP contribution in [0.2, 0.25) is 0 Å². The fraction of sp³-hybridized carbons (Fsp3) is 0.379. The Balaban J connectivity index is 0.00000187. The first-order chi connectivity index (χ1) is 16.2. The summed E-state index contributed by atoms with van der Waals surface area (Å²) in [4.78, 5) is 5.67. The maximum absolute atomic E-state index is 5.94. The van der Waals surface area contributed by atoms with Gasteiger partial charge in [0.1, 0.15) is 19.1 Å². The zero-order chi connectivity index (χ0) is 23.9. The molecule has 0 saturated heterocycles. The molecular weight excluding hydrogens is 410 g/mol. The average molecular weight is 450 g/mol. The lowest BCUT2D eigenvalue weighted by molar-refractivity contribution is 0.0327. The van der Waals surface area contributed by atoms with E-state index in [4.69, 9.17) is 14.3 Å². The monoisotopic (exact) mass is 449 g/mol. The van der Waals surface area contributed by atoms with Crippen molar-refractivity contribution in [1.82, 2.24) is 0 Å². The summed E-state index contributed by atoms with van der Waals surface area (Å²) in [5, 5.41) is 1.78. The Morgan fingerprint density at radius 1 is 0.667 bits per heavy atom. The van der Waals surface area contributed by atoms with Crippen LogP contribution in [-0.2, 0) is 22.6 Å². The van der Waals surface area contributed by atoms with E-state index in [1.165, 1.54) is 11.1 Å². The molecule has 0 bridgehead atoms. The van der Waals surface area contributed by atoms with E-state index >= 15 is 0 Å². The predicted octanol–water partition coefficient (Wildman–Crippen LogP) is 7.66. The van der Waals surface area contributed by atoms with E-state index in [0.717, 1.165) is 35.4 Å². The van der Waals surface area contributed by atoms with Crippen molar-refractivity contribution < 1.29 is 14.3 Å². The lowest BCUT2D eigenvalue weighted by Crippen LogP contribution is -2.26. The SMILES string of the molecule is CC.CCCc1ccc(OCc2ccc(-c3ccc(N(COCC)OCC)cc3)cc2)cc1. The van der Waals surface area contributed by atoms with E-state index in [1.807, 2.05) is 27.7 Å². The van der Waals surface area contributed by atoms with E-state index < -0.39 is 0 Å². The van der Waals surface area contributed by atoms with E-state index in [1.54, 1.807) is 5.06 Å². The Kier molecular flexibility index (Phi) is 12.1. The van der Waals surface area contributed by atoms with Crippen molar-refractivity contribution >= 4 is 5.69 Å². The summed E-state index contributed by atoms with van der Waals surface area (Å²) in [5.74, 6) is 0.908. The van der Waals surface area contributed by atoms with Crippen LogP contribution in [0.5, 0.6) is 5.75 Å². The molecular formula is C29H39NO3. The molecule has 3 aromatic carbocycles. The van der Waals surface area contributed by atoms with Crippen molar-refractivity contribution in [3.05, 3.63) is 83.9 Å². The number of hydrogen-bond acceptors (Lipinski definition) is 4. The minimum atomic E-state index is 0.416. The Morgan fingerprint density at radius 2 is 1.24 bits per heavy atom. The summed E-state index contributed by atoms with van der Waals surface area (Å²) in [6.45, 7) is 12.4. The number of anilines is 1. The molecule has 0 aliphatic rings. The van der Waals surface area contributed by atoms with Gasteiger partial charge in [0.25, 0.3) is 0 Å². The summed E-state index contributed by atoms with van der Waals surface area (Å²) < 4.78 is 11.4. The molecule has 0 unspecified atom stereocenters. The molecule has 0 amide bonds. The van der Waals surface area contributed by atoms with Crippen molar-refractivity contribution in [1.29, 1.82) is 0 Å². The van der Waals surface area contributed by atoms with Gasteiger partial charge in [-0.3, -0.25) is 4.84 Å². The van der Waals surface area contributed by atoms with Crippen LogP contribution < -0.4 is 9.80 Å². The molecule has 3 aromatic rings. The zero-order valence-corrected chi connectivity index (χ0v) is 20.8. The molecule has 0 fully saturated rings. The molecule has 178 valence electrons. The summed E-state index contributed by atoms with van der Waals surface area (Å²) in [7, 11) is 0.